The van der Waals surface area contributed by atoms with Gasteiger partial charge in [0.2, 0.25) is 10.0 Å². The number of methoxy groups -OCH3 is 1. The second-order valence-electron chi connectivity index (χ2n) is 7.70. The minimum atomic E-state index is -3.74. The van der Waals surface area contributed by atoms with Crippen molar-refractivity contribution in [2.24, 2.45) is 0 Å². The molecule has 30 heavy (non-hydrogen) atoms. The van der Waals surface area contributed by atoms with Gasteiger partial charge in [-0.3, -0.25) is 4.90 Å². The maximum Gasteiger partial charge on any atom is 0.337 e. The summed E-state index contributed by atoms with van der Waals surface area (Å²) in [6, 6.07) is 15.1. The molecule has 1 heterocycles. The van der Waals surface area contributed by atoms with Gasteiger partial charge in [0.1, 0.15) is 0 Å². The lowest BCUT2D eigenvalue weighted by molar-refractivity contribution is 0.0600. The molecular formula is C23H30N2O4S. The summed E-state index contributed by atoms with van der Waals surface area (Å²) in [6.45, 7) is 7.67. The molecule has 1 aliphatic rings. The van der Waals surface area contributed by atoms with Crippen molar-refractivity contribution in [3.8, 4) is 0 Å². The van der Waals surface area contributed by atoms with Crippen molar-refractivity contribution >= 4 is 16.0 Å². The highest BCUT2D eigenvalue weighted by Gasteiger charge is 2.37. The molecule has 3 rings (SSSR count). The van der Waals surface area contributed by atoms with E-state index in [-0.39, 0.29) is 22.5 Å². The fourth-order valence-electron chi connectivity index (χ4n) is 4.17. The summed E-state index contributed by atoms with van der Waals surface area (Å²) in [7, 11) is -2.46. The number of hydrogen-bond donors (Lipinski definition) is 0. The third-order valence-corrected chi connectivity index (χ3v) is 8.11. The molecule has 0 spiro atoms. The molecule has 0 N–H and O–H groups in total. The molecule has 2 unspecified atom stereocenters. The van der Waals surface area contributed by atoms with Crippen molar-refractivity contribution < 1.29 is 17.9 Å². The summed E-state index contributed by atoms with van der Waals surface area (Å²) in [5.74, 6) is -0.543. The number of sulfonamides is 1. The van der Waals surface area contributed by atoms with Crippen LogP contribution in [0.25, 0.3) is 0 Å². The van der Waals surface area contributed by atoms with Gasteiger partial charge in [0, 0.05) is 31.7 Å². The van der Waals surface area contributed by atoms with Crippen LogP contribution in [0, 0.1) is 6.92 Å². The molecular weight excluding hydrogens is 400 g/mol. The molecule has 0 aromatic heterocycles. The van der Waals surface area contributed by atoms with Crippen LogP contribution in [0.5, 0.6) is 0 Å². The number of benzene rings is 2. The summed E-state index contributed by atoms with van der Waals surface area (Å²) in [6.07, 6.45) is 0.778. The van der Waals surface area contributed by atoms with Crippen LogP contribution < -0.4 is 0 Å². The number of aryl methyl sites for hydroxylation is 1. The van der Waals surface area contributed by atoms with Crippen molar-refractivity contribution in [1.82, 2.24) is 9.21 Å². The minimum Gasteiger partial charge on any atom is -0.465 e. The van der Waals surface area contributed by atoms with E-state index in [1.54, 1.807) is 23.4 Å². The maximum atomic E-state index is 13.5. The lowest BCUT2D eigenvalue weighted by Crippen LogP contribution is -2.42. The van der Waals surface area contributed by atoms with E-state index in [1.807, 2.05) is 25.1 Å². The molecule has 0 saturated carbocycles. The highest BCUT2D eigenvalue weighted by atomic mass is 32.2. The first-order valence-corrected chi connectivity index (χ1v) is 11.7. The van der Waals surface area contributed by atoms with Gasteiger partial charge < -0.3 is 4.74 Å². The van der Waals surface area contributed by atoms with Crippen LogP contribution in [-0.2, 0) is 14.8 Å². The van der Waals surface area contributed by atoms with E-state index >= 15 is 0 Å². The van der Waals surface area contributed by atoms with Crippen molar-refractivity contribution in [2.45, 2.75) is 44.2 Å². The Morgan fingerprint density at radius 1 is 1.23 bits per heavy atom. The zero-order chi connectivity index (χ0) is 21.9. The number of ether oxygens (including phenoxy) is 1. The Hall–Kier alpha value is -2.22. The van der Waals surface area contributed by atoms with Gasteiger partial charge in [0.25, 0.3) is 0 Å². The molecule has 0 amide bonds. The molecule has 0 bridgehead atoms. The molecule has 0 aliphatic carbocycles. The van der Waals surface area contributed by atoms with Crippen LogP contribution in [0.2, 0.25) is 0 Å². The van der Waals surface area contributed by atoms with Gasteiger partial charge in [-0.25, -0.2) is 13.2 Å². The first-order chi connectivity index (χ1) is 14.3. The van der Waals surface area contributed by atoms with Gasteiger partial charge in [-0.1, -0.05) is 43.3 Å². The number of carbonyl (C=O) groups is 1. The summed E-state index contributed by atoms with van der Waals surface area (Å²) in [5, 5.41) is 0. The van der Waals surface area contributed by atoms with Gasteiger partial charge >= 0.3 is 5.97 Å². The van der Waals surface area contributed by atoms with Crippen molar-refractivity contribution in [2.75, 3.05) is 26.7 Å². The number of likely N-dealkylation sites (tertiary alicyclic amines) is 1. The first-order valence-electron chi connectivity index (χ1n) is 10.3. The predicted octanol–water partition coefficient (Wildman–Crippen LogP) is 3.63. The Kier molecular flexibility index (Phi) is 6.95. The second kappa shape index (κ2) is 9.29. The molecule has 0 radical (unpaired) electrons. The predicted molar refractivity (Wildman–Crippen MR) is 117 cm³/mol. The van der Waals surface area contributed by atoms with E-state index in [0.717, 1.165) is 13.0 Å². The third-order valence-electron chi connectivity index (χ3n) is 5.94. The molecule has 6 nitrogen and oxygen atoms in total. The van der Waals surface area contributed by atoms with Crippen molar-refractivity contribution in [3.05, 3.63) is 65.2 Å². The van der Waals surface area contributed by atoms with Gasteiger partial charge in [0.05, 0.1) is 17.6 Å². The van der Waals surface area contributed by atoms with Crippen LogP contribution in [-0.4, -0.2) is 56.4 Å². The van der Waals surface area contributed by atoms with Gasteiger partial charge in [-0.05, 0) is 43.5 Å². The lowest BCUT2D eigenvalue weighted by atomic mass is 10.1. The average molecular weight is 431 g/mol. The lowest BCUT2D eigenvalue weighted by Gasteiger charge is -2.29. The van der Waals surface area contributed by atoms with Crippen LogP contribution in [0.15, 0.2) is 53.4 Å². The normalized spacial score (nSPS) is 18.5. The Balaban J connectivity index is 1.84. The molecule has 7 heteroatoms. The quantitative estimate of drug-likeness (QED) is 0.628. The van der Waals surface area contributed by atoms with Crippen LogP contribution in [0.3, 0.4) is 0 Å². The largest absolute Gasteiger partial charge is 0.465 e. The smallest absolute Gasteiger partial charge is 0.337 e. The standard InChI is InChI=1S/C23H30N2O4S/c1-5-25(21-13-14-24(16-21)18(3)19-9-7-6-8-10-19)30(27,28)22-15-20(23(26)29-4)12-11-17(22)2/h6-12,15,18,21H,5,13-14,16H2,1-4H3. The van der Waals surface area contributed by atoms with Crippen LogP contribution >= 0.6 is 0 Å². The summed E-state index contributed by atoms with van der Waals surface area (Å²) in [4.78, 5) is 14.4. The summed E-state index contributed by atoms with van der Waals surface area (Å²) in [5.41, 5.74) is 2.09. The van der Waals surface area contributed by atoms with E-state index in [9.17, 15) is 13.2 Å². The van der Waals surface area contributed by atoms with Crippen molar-refractivity contribution in [3.63, 3.8) is 0 Å². The first kappa shape index (κ1) is 22.5. The van der Waals surface area contributed by atoms with E-state index in [2.05, 4.69) is 24.0 Å². The number of likely N-dealkylation sites (N-methyl/N-ethyl adjacent to an activating group) is 1. The number of rotatable bonds is 7. The topological polar surface area (TPSA) is 66.9 Å². The molecule has 1 fully saturated rings. The SMILES string of the molecule is CCN(C1CCN(C(C)c2ccccc2)C1)S(=O)(=O)c1cc(C(=O)OC)ccc1C. The molecule has 2 aromatic carbocycles. The molecule has 1 saturated heterocycles. The molecule has 2 aromatic rings. The number of hydrogen-bond acceptors (Lipinski definition) is 5. The Morgan fingerprint density at radius 2 is 1.93 bits per heavy atom. The Bertz CT molecular complexity index is 992. The number of esters is 1. The highest BCUT2D eigenvalue weighted by Crippen LogP contribution is 2.30. The van der Waals surface area contributed by atoms with Gasteiger partial charge in [0.15, 0.2) is 0 Å². The monoisotopic (exact) mass is 430 g/mol. The van der Waals surface area contributed by atoms with E-state index in [1.165, 1.54) is 18.7 Å². The van der Waals surface area contributed by atoms with Crippen LogP contribution in [0.4, 0.5) is 0 Å². The highest BCUT2D eigenvalue weighted by molar-refractivity contribution is 7.89. The number of nitrogens with zero attached hydrogens (tertiary/aromatic N) is 2. The van der Waals surface area contributed by atoms with Crippen molar-refractivity contribution in [1.29, 1.82) is 0 Å². The summed E-state index contributed by atoms with van der Waals surface area (Å²) < 4.78 is 33.4. The zero-order valence-corrected chi connectivity index (χ0v) is 18.9. The maximum absolute atomic E-state index is 13.5. The van der Waals surface area contributed by atoms with E-state index < -0.39 is 16.0 Å². The van der Waals surface area contributed by atoms with Crippen LogP contribution in [0.1, 0.15) is 47.8 Å². The van der Waals surface area contributed by atoms with Gasteiger partial charge in [-0.15, -0.1) is 0 Å². The fraction of sp³-hybridized carbons (Fsp3) is 0.435. The Morgan fingerprint density at radius 3 is 2.57 bits per heavy atom. The molecule has 162 valence electrons. The minimum absolute atomic E-state index is 0.104. The summed E-state index contributed by atoms with van der Waals surface area (Å²) >= 11 is 0. The fourth-order valence-corrected chi connectivity index (χ4v) is 6.08. The molecule has 2 atom stereocenters. The number of carbonyl (C=O) groups excluding carboxylic acids is 1. The second-order valence-corrected chi connectivity index (χ2v) is 9.56. The third kappa shape index (κ3) is 4.43. The van der Waals surface area contributed by atoms with E-state index in [0.29, 0.717) is 18.7 Å². The van der Waals surface area contributed by atoms with E-state index in [4.69, 9.17) is 4.74 Å². The Labute approximate surface area is 179 Å². The molecule has 1 aliphatic heterocycles. The average Bonchev–Trinajstić information content (AvgIpc) is 3.23. The zero-order valence-electron chi connectivity index (χ0n) is 18.0. The van der Waals surface area contributed by atoms with Gasteiger partial charge in [-0.2, -0.15) is 4.31 Å².